The van der Waals surface area contributed by atoms with Crippen LogP contribution in [0.1, 0.15) is 38.1 Å². The summed E-state index contributed by atoms with van der Waals surface area (Å²) in [6, 6.07) is 13.7. The van der Waals surface area contributed by atoms with E-state index in [1.165, 1.54) is 4.90 Å². The topological polar surface area (TPSA) is 84.9 Å². The van der Waals surface area contributed by atoms with Gasteiger partial charge in [-0.2, -0.15) is 0 Å². The second-order valence-corrected chi connectivity index (χ2v) is 8.07. The second kappa shape index (κ2) is 8.57. The van der Waals surface area contributed by atoms with Crippen molar-refractivity contribution >= 4 is 29.2 Å². The number of para-hydroxylation sites is 2. The minimum Gasteiger partial charge on any atom is -0.493 e. The van der Waals surface area contributed by atoms with E-state index in [-0.39, 0.29) is 5.91 Å². The van der Waals surface area contributed by atoms with E-state index in [1.807, 2.05) is 13.8 Å². The fourth-order valence-electron chi connectivity index (χ4n) is 3.15. The first kappa shape index (κ1) is 21.4. The number of rotatable bonds is 6. The quantitative estimate of drug-likeness (QED) is 0.735. The Morgan fingerprint density at radius 1 is 1.10 bits per heavy atom. The highest BCUT2D eigenvalue weighted by Gasteiger charge is 2.43. The first-order valence-corrected chi connectivity index (χ1v) is 9.83. The summed E-state index contributed by atoms with van der Waals surface area (Å²) in [7, 11) is 0. The van der Waals surface area contributed by atoms with Crippen molar-refractivity contribution < 1.29 is 23.9 Å². The average molecular weight is 410 g/mol. The summed E-state index contributed by atoms with van der Waals surface area (Å²) in [5.74, 6) is -0.511. The lowest BCUT2D eigenvalue weighted by molar-refractivity contribution is -0.128. The Kier molecular flexibility index (Phi) is 6.10. The molecule has 2 aromatic carbocycles. The van der Waals surface area contributed by atoms with Crippen LogP contribution in [0.25, 0.3) is 0 Å². The third-order valence-electron chi connectivity index (χ3n) is 4.74. The second-order valence-electron chi connectivity index (χ2n) is 8.07. The molecule has 30 heavy (non-hydrogen) atoms. The molecule has 0 bridgehead atoms. The van der Waals surface area contributed by atoms with E-state index in [9.17, 15) is 14.4 Å². The highest BCUT2D eigenvalue weighted by Crippen LogP contribution is 2.36. The van der Waals surface area contributed by atoms with Crippen LogP contribution in [0.2, 0.25) is 0 Å². The number of hydrogen-bond acceptors (Lipinski definition) is 5. The van der Waals surface area contributed by atoms with Gasteiger partial charge in [-0.3, -0.25) is 14.5 Å². The number of benzene rings is 2. The molecule has 1 N–H and O–H groups in total. The highest BCUT2D eigenvalue weighted by molar-refractivity contribution is 6.14. The van der Waals surface area contributed by atoms with E-state index >= 15 is 0 Å². The van der Waals surface area contributed by atoms with Gasteiger partial charge >= 0.3 is 5.97 Å². The summed E-state index contributed by atoms with van der Waals surface area (Å²) < 4.78 is 10.9. The molecule has 1 aliphatic rings. The monoisotopic (exact) mass is 410 g/mol. The lowest BCUT2D eigenvalue weighted by Gasteiger charge is -2.41. The van der Waals surface area contributed by atoms with Crippen LogP contribution < -0.4 is 15.0 Å². The molecule has 7 nitrogen and oxygen atoms in total. The van der Waals surface area contributed by atoms with Crippen molar-refractivity contribution in [2.24, 2.45) is 5.92 Å². The van der Waals surface area contributed by atoms with Crippen molar-refractivity contribution in [3.05, 3.63) is 54.1 Å². The summed E-state index contributed by atoms with van der Waals surface area (Å²) in [5.41, 5.74) is 0.270. The molecular formula is C23H26N2O5. The van der Waals surface area contributed by atoms with Crippen molar-refractivity contribution in [2.45, 2.75) is 33.2 Å². The van der Waals surface area contributed by atoms with Gasteiger partial charge in [0.15, 0.2) is 6.61 Å². The molecule has 2 amide bonds. The zero-order valence-corrected chi connectivity index (χ0v) is 17.6. The minimum absolute atomic E-state index is 0.292. The van der Waals surface area contributed by atoms with E-state index in [0.717, 1.165) is 0 Å². The fourth-order valence-corrected chi connectivity index (χ4v) is 3.15. The van der Waals surface area contributed by atoms with Crippen LogP contribution in [0, 0.1) is 5.92 Å². The molecule has 0 spiro atoms. The highest BCUT2D eigenvalue weighted by atomic mass is 16.5. The normalized spacial score (nSPS) is 14.7. The maximum Gasteiger partial charge on any atom is 0.338 e. The largest absolute Gasteiger partial charge is 0.493 e. The van der Waals surface area contributed by atoms with Gasteiger partial charge in [-0.25, -0.2) is 4.79 Å². The molecule has 0 aromatic heterocycles. The Morgan fingerprint density at radius 2 is 1.83 bits per heavy atom. The number of anilines is 2. The molecule has 0 aliphatic carbocycles. The van der Waals surface area contributed by atoms with Crippen LogP contribution in [-0.4, -0.2) is 36.5 Å². The summed E-state index contributed by atoms with van der Waals surface area (Å²) in [6.07, 6.45) is 0. The summed E-state index contributed by atoms with van der Waals surface area (Å²) in [5, 5.41) is 2.80. The van der Waals surface area contributed by atoms with Gasteiger partial charge in [0.05, 0.1) is 23.5 Å². The Balaban J connectivity index is 1.71. The van der Waals surface area contributed by atoms with Crippen molar-refractivity contribution in [3.8, 4) is 5.75 Å². The van der Waals surface area contributed by atoms with Gasteiger partial charge in [-0.05, 0) is 50.1 Å². The number of nitrogens with zero attached hydrogens (tertiary/aromatic N) is 1. The van der Waals surface area contributed by atoms with E-state index in [2.05, 4.69) is 5.32 Å². The predicted octanol–water partition coefficient (Wildman–Crippen LogP) is 3.64. The summed E-state index contributed by atoms with van der Waals surface area (Å²) in [6.45, 7) is 7.40. The first-order valence-electron chi connectivity index (χ1n) is 9.83. The molecule has 1 heterocycles. The molecule has 3 rings (SSSR count). The minimum atomic E-state index is -1.12. The van der Waals surface area contributed by atoms with Gasteiger partial charge in [0.25, 0.3) is 5.91 Å². The van der Waals surface area contributed by atoms with Crippen LogP contribution in [0.3, 0.4) is 0 Å². The Hall–Kier alpha value is -3.35. The van der Waals surface area contributed by atoms with Crippen LogP contribution >= 0.6 is 0 Å². The summed E-state index contributed by atoms with van der Waals surface area (Å²) >= 11 is 0. The van der Waals surface area contributed by atoms with Crippen molar-refractivity contribution in [1.82, 2.24) is 0 Å². The number of nitrogens with one attached hydrogen (secondary N) is 1. The third kappa shape index (κ3) is 4.45. The Bertz CT molecular complexity index is 968. The standard InChI is InChI=1S/C23H26N2O5/c1-15(2)13-29-17-9-7-8-16(12-17)21(27)30-14-20(26)25-19-11-6-5-10-18(19)24-22(28)23(25,3)4/h5-12,15H,13-14H2,1-4H3,(H,24,28). The number of esters is 1. The number of hydrogen-bond donors (Lipinski definition) is 1. The number of fused-ring (bicyclic) bond motifs is 1. The van der Waals surface area contributed by atoms with Gasteiger partial charge in [0, 0.05) is 0 Å². The molecule has 0 saturated carbocycles. The summed E-state index contributed by atoms with van der Waals surface area (Å²) in [4.78, 5) is 39.3. The zero-order chi connectivity index (χ0) is 21.9. The molecule has 2 aromatic rings. The van der Waals surface area contributed by atoms with Crippen LogP contribution in [0.4, 0.5) is 11.4 Å². The smallest absolute Gasteiger partial charge is 0.338 e. The SMILES string of the molecule is CC(C)COc1cccc(C(=O)OCC(=O)N2c3ccccc3NC(=O)C2(C)C)c1. The molecule has 0 fully saturated rings. The van der Waals surface area contributed by atoms with Gasteiger partial charge in [-0.15, -0.1) is 0 Å². The van der Waals surface area contributed by atoms with E-state index in [0.29, 0.717) is 35.2 Å². The van der Waals surface area contributed by atoms with Gasteiger partial charge in [0.2, 0.25) is 5.91 Å². The zero-order valence-electron chi connectivity index (χ0n) is 17.6. The van der Waals surface area contributed by atoms with Crippen molar-refractivity contribution in [2.75, 3.05) is 23.4 Å². The van der Waals surface area contributed by atoms with Crippen molar-refractivity contribution in [3.63, 3.8) is 0 Å². The van der Waals surface area contributed by atoms with Crippen LogP contribution in [-0.2, 0) is 14.3 Å². The van der Waals surface area contributed by atoms with Gasteiger partial charge < -0.3 is 14.8 Å². The fraction of sp³-hybridized carbons (Fsp3) is 0.348. The number of carbonyl (C=O) groups excluding carboxylic acids is 3. The molecule has 0 atom stereocenters. The molecule has 0 radical (unpaired) electrons. The molecular weight excluding hydrogens is 384 g/mol. The Labute approximate surface area is 176 Å². The van der Waals surface area contributed by atoms with E-state index in [1.54, 1.807) is 62.4 Å². The maximum atomic E-state index is 12.9. The first-order chi connectivity index (χ1) is 14.2. The van der Waals surface area contributed by atoms with E-state index < -0.39 is 24.0 Å². The van der Waals surface area contributed by atoms with E-state index in [4.69, 9.17) is 9.47 Å². The predicted molar refractivity (Wildman–Crippen MR) is 114 cm³/mol. The van der Waals surface area contributed by atoms with Crippen LogP contribution in [0.15, 0.2) is 48.5 Å². The number of amides is 2. The van der Waals surface area contributed by atoms with Gasteiger partial charge in [0.1, 0.15) is 11.3 Å². The molecule has 158 valence electrons. The third-order valence-corrected chi connectivity index (χ3v) is 4.74. The Morgan fingerprint density at radius 3 is 2.57 bits per heavy atom. The number of carbonyl (C=O) groups is 3. The molecule has 0 saturated heterocycles. The molecule has 1 aliphatic heterocycles. The van der Waals surface area contributed by atoms with Crippen LogP contribution in [0.5, 0.6) is 5.75 Å². The lowest BCUT2D eigenvalue weighted by Crippen LogP contribution is -2.59. The maximum absolute atomic E-state index is 12.9. The average Bonchev–Trinajstić information content (AvgIpc) is 2.71. The van der Waals surface area contributed by atoms with Gasteiger partial charge in [-0.1, -0.05) is 32.0 Å². The lowest BCUT2D eigenvalue weighted by atomic mass is 9.96. The number of ether oxygens (including phenoxy) is 2. The molecule has 7 heteroatoms. The van der Waals surface area contributed by atoms with Crippen molar-refractivity contribution in [1.29, 1.82) is 0 Å². The molecule has 0 unspecified atom stereocenters.